The van der Waals surface area contributed by atoms with E-state index < -0.39 is 0 Å². The first-order valence-corrected chi connectivity index (χ1v) is 2.72. The molecule has 0 aliphatic rings. The van der Waals surface area contributed by atoms with Gasteiger partial charge in [0.15, 0.2) is 0 Å². The van der Waals surface area contributed by atoms with Crippen molar-refractivity contribution >= 4 is 11.4 Å². The molecule has 3 heteroatoms. The van der Waals surface area contributed by atoms with Crippen LogP contribution < -0.4 is 11.1 Å². The molecule has 0 amide bonds. The maximum atomic E-state index is 5.53. The first-order chi connectivity index (χ1) is 4.34. The van der Waals surface area contributed by atoms with Crippen LogP contribution in [0.5, 0.6) is 0 Å². The average Bonchev–Trinajstić information content (AvgIpc) is 1.89. The quantitative estimate of drug-likeness (QED) is 0.544. The third-order valence-corrected chi connectivity index (χ3v) is 1.15. The summed E-state index contributed by atoms with van der Waals surface area (Å²) in [7, 11) is 3.49. The van der Waals surface area contributed by atoms with Gasteiger partial charge in [-0.1, -0.05) is 12.1 Å². The van der Waals surface area contributed by atoms with E-state index in [1.807, 2.05) is 24.3 Å². The Labute approximate surface area is 86.1 Å². The predicted octanol–water partition coefficient (Wildman–Crippen LogP) is 1.47. The van der Waals surface area contributed by atoms with Crippen molar-refractivity contribution in [3.63, 3.8) is 0 Å². The second-order valence-corrected chi connectivity index (χ2v) is 1.76. The molecule has 1 aromatic rings. The Bertz CT molecular complexity index is 201. The zero-order valence-electron chi connectivity index (χ0n) is 5.67. The van der Waals surface area contributed by atoms with Crippen LogP contribution in [-0.2, 0) is 32.7 Å². The van der Waals surface area contributed by atoms with Gasteiger partial charge in [-0.15, -0.1) is 0 Å². The van der Waals surface area contributed by atoms with Crippen LogP contribution in [0.1, 0.15) is 0 Å². The summed E-state index contributed by atoms with van der Waals surface area (Å²) >= 11 is 0. The van der Waals surface area contributed by atoms with Gasteiger partial charge in [0.1, 0.15) is 0 Å². The Morgan fingerprint density at radius 3 is 2.30 bits per heavy atom. The summed E-state index contributed by atoms with van der Waals surface area (Å²) in [6, 6.07) is 7.50. The largest absolute Gasteiger partial charge is 0.536 e. The smallest absolute Gasteiger partial charge is 0.0524 e. The summed E-state index contributed by atoms with van der Waals surface area (Å²) in [6.45, 7) is 0. The van der Waals surface area contributed by atoms with Crippen molar-refractivity contribution in [3.05, 3.63) is 31.3 Å². The number of nitrogen functional groups attached to an aromatic ring is 1. The Morgan fingerprint density at radius 1 is 1.30 bits per heavy atom. The van der Waals surface area contributed by atoms with E-state index in [0.717, 1.165) is 11.4 Å². The van der Waals surface area contributed by atoms with Crippen LogP contribution in [0.2, 0.25) is 0 Å². The molecule has 10 heavy (non-hydrogen) atoms. The SMILES string of the molecule is [CH2-]Nc1ccccc1N.[Y]. The normalized spacial score (nSPS) is 8.10. The number of nitrogens with two attached hydrogens (primary N) is 1. The van der Waals surface area contributed by atoms with E-state index in [0.29, 0.717) is 0 Å². The second kappa shape index (κ2) is 4.70. The first-order valence-electron chi connectivity index (χ1n) is 2.72. The monoisotopic (exact) mass is 210 g/mol. The van der Waals surface area contributed by atoms with Gasteiger partial charge in [-0.3, -0.25) is 7.05 Å². The number of nitrogens with one attached hydrogen (secondary N) is 1. The molecular formula is C7H9N2Y-. The van der Waals surface area contributed by atoms with Gasteiger partial charge in [-0.25, -0.2) is 0 Å². The van der Waals surface area contributed by atoms with E-state index in [1.54, 1.807) is 0 Å². The molecule has 0 aliphatic carbocycles. The number of para-hydroxylation sites is 2. The predicted molar refractivity (Wildman–Crippen MR) is 39.8 cm³/mol. The van der Waals surface area contributed by atoms with Gasteiger partial charge in [0, 0.05) is 38.4 Å². The van der Waals surface area contributed by atoms with Gasteiger partial charge in [-0.2, -0.15) is 0 Å². The Balaban J connectivity index is 0.000000810. The van der Waals surface area contributed by atoms with E-state index in [-0.39, 0.29) is 32.7 Å². The van der Waals surface area contributed by atoms with Crippen molar-refractivity contribution in [2.75, 3.05) is 11.1 Å². The number of hydrogen-bond acceptors (Lipinski definition) is 2. The zero-order chi connectivity index (χ0) is 6.69. The number of benzene rings is 1. The van der Waals surface area contributed by atoms with E-state index >= 15 is 0 Å². The van der Waals surface area contributed by atoms with Crippen molar-refractivity contribution in [1.82, 2.24) is 0 Å². The van der Waals surface area contributed by atoms with E-state index in [4.69, 9.17) is 5.73 Å². The molecule has 0 aliphatic heterocycles. The summed E-state index contributed by atoms with van der Waals surface area (Å²) in [5, 5.41) is 2.72. The molecule has 0 fully saturated rings. The minimum Gasteiger partial charge on any atom is -0.536 e. The summed E-state index contributed by atoms with van der Waals surface area (Å²) in [5.41, 5.74) is 7.13. The Hall–Kier alpha value is -0.0761. The third-order valence-electron chi connectivity index (χ3n) is 1.15. The van der Waals surface area contributed by atoms with Crippen molar-refractivity contribution < 1.29 is 32.7 Å². The van der Waals surface area contributed by atoms with E-state index in [9.17, 15) is 0 Å². The third kappa shape index (κ3) is 2.27. The molecule has 0 saturated heterocycles. The second-order valence-electron chi connectivity index (χ2n) is 1.76. The molecule has 0 atom stereocenters. The van der Waals surface area contributed by atoms with Crippen molar-refractivity contribution in [2.24, 2.45) is 0 Å². The van der Waals surface area contributed by atoms with Crippen molar-refractivity contribution in [3.8, 4) is 0 Å². The van der Waals surface area contributed by atoms with Gasteiger partial charge < -0.3 is 11.1 Å². The van der Waals surface area contributed by atoms with Crippen LogP contribution in [-0.4, -0.2) is 0 Å². The molecule has 51 valence electrons. The number of rotatable bonds is 1. The number of hydrogen-bond donors (Lipinski definition) is 2. The molecular weight excluding hydrogens is 201 g/mol. The van der Waals surface area contributed by atoms with Crippen LogP contribution in [0, 0.1) is 7.05 Å². The molecule has 0 heterocycles. The average molecular weight is 210 g/mol. The standard InChI is InChI=1S/C7H9N2.Y/c1-9-7-5-3-2-4-6(7)8;/h2-5,9H,1,8H2;/q-1;. The molecule has 0 saturated carbocycles. The van der Waals surface area contributed by atoms with Gasteiger partial charge in [0.2, 0.25) is 0 Å². The maximum absolute atomic E-state index is 5.53. The summed E-state index contributed by atoms with van der Waals surface area (Å²) in [4.78, 5) is 0. The minimum atomic E-state index is 0. The topological polar surface area (TPSA) is 38.0 Å². The molecule has 2 nitrogen and oxygen atoms in total. The minimum absolute atomic E-state index is 0. The van der Waals surface area contributed by atoms with E-state index in [1.165, 1.54) is 0 Å². The van der Waals surface area contributed by atoms with Gasteiger partial charge in [0.25, 0.3) is 0 Å². The molecule has 0 aromatic heterocycles. The molecule has 0 spiro atoms. The molecule has 3 N–H and O–H groups in total. The molecule has 1 rings (SSSR count). The summed E-state index contributed by atoms with van der Waals surface area (Å²) < 4.78 is 0. The van der Waals surface area contributed by atoms with Crippen LogP contribution in [0.3, 0.4) is 0 Å². The van der Waals surface area contributed by atoms with Crippen LogP contribution in [0.4, 0.5) is 11.4 Å². The van der Waals surface area contributed by atoms with Gasteiger partial charge in [-0.05, 0) is 12.1 Å². The Kier molecular flexibility index (Phi) is 4.66. The Morgan fingerprint density at radius 2 is 1.90 bits per heavy atom. The first kappa shape index (κ1) is 9.92. The zero-order valence-corrected chi connectivity index (χ0v) is 8.51. The van der Waals surface area contributed by atoms with Crippen molar-refractivity contribution in [2.45, 2.75) is 0 Å². The maximum Gasteiger partial charge on any atom is 0.0524 e. The van der Waals surface area contributed by atoms with Gasteiger partial charge in [0.05, 0.1) is 5.69 Å². The van der Waals surface area contributed by atoms with E-state index in [2.05, 4.69) is 12.4 Å². The molecule has 0 unspecified atom stereocenters. The molecule has 0 bridgehead atoms. The van der Waals surface area contributed by atoms with Crippen LogP contribution in [0.15, 0.2) is 24.3 Å². The van der Waals surface area contributed by atoms with Crippen LogP contribution >= 0.6 is 0 Å². The van der Waals surface area contributed by atoms with Crippen LogP contribution in [0.25, 0.3) is 0 Å². The molecule has 1 aromatic carbocycles. The fourth-order valence-corrected chi connectivity index (χ4v) is 0.658. The van der Waals surface area contributed by atoms with Gasteiger partial charge >= 0.3 is 0 Å². The summed E-state index contributed by atoms with van der Waals surface area (Å²) in [6.07, 6.45) is 0. The summed E-state index contributed by atoms with van der Waals surface area (Å²) in [5.74, 6) is 0. The fraction of sp³-hybridized carbons (Fsp3) is 0. The van der Waals surface area contributed by atoms with Crippen molar-refractivity contribution in [1.29, 1.82) is 0 Å². The number of anilines is 2. The molecule has 1 radical (unpaired) electrons. The fourth-order valence-electron chi connectivity index (χ4n) is 0.658.